The van der Waals surface area contributed by atoms with Crippen molar-refractivity contribution in [1.82, 2.24) is 39.0 Å². The number of hydrogen-bond donors (Lipinski definition) is 0. The third-order valence-corrected chi connectivity index (χ3v) is 13.3. The molecule has 2 aliphatic rings. The molecule has 2 aliphatic carbocycles. The molecule has 0 radical (unpaired) electrons. The van der Waals surface area contributed by atoms with E-state index in [4.69, 9.17) is 29.9 Å². The number of hydrogen-bond acceptors (Lipinski definition) is 6. The van der Waals surface area contributed by atoms with E-state index >= 15 is 0 Å². The summed E-state index contributed by atoms with van der Waals surface area (Å²) in [5.74, 6) is 2.17. The van der Waals surface area contributed by atoms with Crippen LogP contribution in [-0.4, -0.2) is 39.0 Å². The molecule has 0 amide bonds. The van der Waals surface area contributed by atoms with E-state index in [1.165, 1.54) is 49.9 Å². The van der Waals surface area contributed by atoms with Crippen molar-refractivity contribution in [3.8, 4) is 45.5 Å². The Bertz CT molecular complexity index is 3680. The Kier molecular flexibility index (Phi) is 7.35. The van der Waals surface area contributed by atoms with E-state index in [2.05, 4.69) is 197 Å². The second kappa shape index (κ2) is 13.4. The van der Waals surface area contributed by atoms with Crippen molar-refractivity contribution < 1.29 is 0 Å². The lowest BCUT2D eigenvalue weighted by Crippen LogP contribution is -2.15. The molecule has 0 bridgehead atoms. The zero-order valence-corrected chi connectivity index (χ0v) is 34.2. The molecule has 0 unspecified atom stereocenters. The lowest BCUT2D eigenvalue weighted by Gasteiger charge is -2.18. The Labute approximate surface area is 366 Å². The molecule has 4 aromatic heterocycles. The Morgan fingerprint density at radius 2 is 0.766 bits per heavy atom. The van der Waals surface area contributed by atoms with Crippen molar-refractivity contribution in [3.05, 3.63) is 228 Å². The second-order valence-electron chi connectivity index (χ2n) is 16.6. The van der Waals surface area contributed by atoms with Gasteiger partial charge < -0.3 is 4.57 Å². The first-order chi connectivity index (χ1) is 31.8. The molecule has 0 saturated carbocycles. The van der Waals surface area contributed by atoms with Gasteiger partial charge >= 0.3 is 0 Å². The molecule has 8 nitrogen and oxygen atoms in total. The molecule has 0 fully saturated rings. The average molecular weight is 819 g/mol. The maximum Gasteiger partial charge on any atom is 0.238 e. The van der Waals surface area contributed by atoms with Gasteiger partial charge in [0, 0.05) is 27.2 Å². The van der Waals surface area contributed by atoms with Crippen molar-refractivity contribution in [2.24, 2.45) is 0 Å². The van der Waals surface area contributed by atoms with E-state index in [0.29, 0.717) is 29.2 Å². The number of aromatic nitrogens is 8. The molecule has 12 aromatic rings. The van der Waals surface area contributed by atoms with Crippen LogP contribution in [0.15, 0.2) is 194 Å². The maximum atomic E-state index is 5.45. The van der Waals surface area contributed by atoms with Crippen LogP contribution >= 0.6 is 0 Å². The Morgan fingerprint density at radius 3 is 1.30 bits per heavy atom. The fraction of sp³-hybridized carbons (Fsp3) is 0.0357. The minimum atomic E-state index is -0.209. The van der Waals surface area contributed by atoms with Crippen molar-refractivity contribution in [2.75, 3.05) is 0 Å². The van der Waals surface area contributed by atoms with Crippen molar-refractivity contribution in [2.45, 2.75) is 11.8 Å². The van der Waals surface area contributed by atoms with Crippen molar-refractivity contribution >= 4 is 43.6 Å². The van der Waals surface area contributed by atoms with Crippen LogP contribution in [0, 0.1) is 0 Å². The van der Waals surface area contributed by atoms with Crippen molar-refractivity contribution in [1.29, 1.82) is 0 Å². The summed E-state index contributed by atoms with van der Waals surface area (Å²) in [5.41, 5.74) is 14.8. The summed E-state index contributed by atoms with van der Waals surface area (Å²) in [5, 5.41) is 4.53. The van der Waals surface area contributed by atoms with Gasteiger partial charge in [-0.25, -0.2) is 24.9 Å². The molecule has 8 aromatic carbocycles. The van der Waals surface area contributed by atoms with Crippen LogP contribution in [0.1, 0.15) is 45.7 Å². The van der Waals surface area contributed by atoms with Gasteiger partial charge in [0.15, 0.2) is 0 Å². The highest BCUT2D eigenvalue weighted by Gasteiger charge is 2.36. The highest BCUT2D eigenvalue weighted by molar-refractivity contribution is 6.18. The first kappa shape index (κ1) is 35.0. The molecule has 0 aliphatic heterocycles. The highest BCUT2D eigenvalue weighted by atomic mass is 15.2. The fourth-order valence-electron chi connectivity index (χ4n) is 10.6. The van der Waals surface area contributed by atoms with E-state index in [0.717, 1.165) is 43.9 Å². The van der Waals surface area contributed by atoms with Crippen LogP contribution in [-0.2, 0) is 0 Å². The van der Waals surface area contributed by atoms with E-state index in [1.807, 2.05) is 0 Å². The van der Waals surface area contributed by atoms with Gasteiger partial charge in [-0.1, -0.05) is 152 Å². The van der Waals surface area contributed by atoms with E-state index in [-0.39, 0.29) is 11.8 Å². The third-order valence-electron chi connectivity index (χ3n) is 13.3. The molecule has 0 N–H and O–H groups in total. The third kappa shape index (κ3) is 4.99. The molecule has 14 rings (SSSR count). The maximum absolute atomic E-state index is 5.45. The van der Waals surface area contributed by atoms with Crippen LogP contribution in [0.25, 0.3) is 89.2 Å². The van der Waals surface area contributed by atoms with Crippen LogP contribution in [0.4, 0.5) is 0 Å². The molecule has 298 valence electrons. The Balaban J connectivity index is 1.00. The molecule has 0 saturated heterocycles. The number of benzene rings is 8. The van der Waals surface area contributed by atoms with Gasteiger partial charge in [0.25, 0.3) is 0 Å². The number of para-hydroxylation sites is 3. The largest absolute Gasteiger partial charge is 0.309 e. The molecule has 4 heterocycles. The summed E-state index contributed by atoms with van der Waals surface area (Å²) in [6.45, 7) is 0. The van der Waals surface area contributed by atoms with E-state index in [9.17, 15) is 0 Å². The standard InChI is InChI=1S/C56H34N8/c1-2-16-33(17-3-1)63-46-28-14-12-22-38(46)44-31-49-45(30-48(44)63)39-23-13-15-29-47(39)64(49)56-58-32-57-54(62-56)55-60-52(50-40-24-8-4-18-34(40)35-19-5-9-25-41(35)50)59-53(61-55)51-42-26-10-6-20-36(42)37-21-7-11-27-43(37)51/h1-32,50-51H. The lowest BCUT2D eigenvalue weighted by molar-refractivity contribution is 0.772. The summed E-state index contributed by atoms with van der Waals surface area (Å²) >= 11 is 0. The number of fused-ring (bicyclic) bond motifs is 12. The van der Waals surface area contributed by atoms with Crippen LogP contribution in [0.2, 0.25) is 0 Å². The normalized spacial score (nSPS) is 13.2. The first-order valence-electron chi connectivity index (χ1n) is 21.6. The van der Waals surface area contributed by atoms with Gasteiger partial charge in [0.1, 0.15) is 18.0 Å². The molecule has 64 heavy (non-hydrogen) atoms. The molecular weight excluding hydrogens is 785 g/mol. The van der Waals surface area contributed by atoms with Crippen LogP contribution in [0.5, 0.6) is 0 Å². The number of nitrogens with zero attached hydrogens (tertiary/aromatic N) is 8. The Morgan fingerprint density at radius 1 is 0.328 bits per heavy atom. The van der Waals surface area contributed by atoms with Gasteiger partial charge in [-0.05, 0) is 80.9 Å². The van der Waals surface area contributed by atoms with Gasteiger partial charge in [-0.3, -0.25) is 4.57 Å². The summed E-state index contributed by atoms with van der Waals surface area (Å²) < 4.78 is 4.51. The smallest absolute Gasteiger partial charge is 0.238 e. The summed E-state index contributed by atoms with van der Waals surface area (Å²) in [6, 6.07) is 66.6. The molecule has 0 atom stereocenters. The minimum Gasteiger partial charge on any atom is -0.309 e. The summed E-state index contributed by atoms with van der Waals surface area (Å²) in [4.78, 5) is 31.1. The summed E-state index contributed by atoms with van der Waals surface area (Å²) in [7, 11) is 0. The average Bonchev–Trinajstić information content (AvgIpc) is 4.08. The van der Waals surface area contributed by atoms with Crippen LogP contribution < -0.4 is 0 Å². The van der Waals surface area contributed by atoms with Crippen LogP contribution in [0.3, 0.4) is 0 Å². The second-order valence-corrected chi connectivity index (χ2v) is 16.6. The van der Waals surface area contributed by atoms with E-state index in [1.54, 1.807) is 6.33 Å². The van der Waals surface area contributed by atoms with Gasteiger partial charge in [0.05, 0.1) is 33.9 Å². The Hall–Kier alpha value is -8.62. The monoisotopic (exact) mass is 818 g/mol. The van der Waals surface area contributed by atoms with Gasteiger partial charge in [-0.15, -0.1) is 0 Å². The minimum absolute atomic E-state index is 0.209. The zero-order valence-electron chi connectivity index (χ0n) is 34.2. The predicted molar refractivity (Wildman–Crippen MR) is 253 cm³/mol. The predicted octanol–water partition coefficient (Wildman–Crippen LogP) is 12.2. The van der Waals surface area contributed by atoms with E-state index < -0.39 is 0 Å². The number of rotatable bonds is 5. The topological polar surface area (TPSA) is 87.2 Å². The zero-order chi connectivity index (χ0) is 41.9. The van der Waals surface area contributed by atoms with Crippen molar-refractivity contribution in [3.63, 3.8) is 0 Å². The molecule has 0 spiro atoms. The SMILES string of the molecule is c1ccc(-n2c3ccccc3c3cc4c(cc32)c2ccccc2n4-c2ncnc(-c3nc(C4c5ccccc5-c5ccccc54)nc(C4c5ccccc5-c5ccccc54)n3)n2)cc1. The fourth-order valence-corrected chi connectivity index (χ4v) is 10.6. The van der Waals surface area contributed by atoms with Gasteiger partial charge in [0.2, 0.25) is 17.6 Å². The first-order valence-corrected chi connectivity index (χ1v) is 21.6. The molecule has 8 heteroatoms. The molecular formula is C56H34N8. The van der Waals surface area contributed by atoms with Gasteiger partial charge in [-0.2, -0.15) is 4.98 Å². The highest BCUT2D eigenvalue weighted by Crippen LogP contribution is 2.50. The quantitative estimate of drug-likeness (QED) is 0.172. The lowest BCUT2D eigenvalue weighted by atomic mass is 9.94. The summed E-state index contributed by atoms with van der Waals surface area (Å²) in [6.07, 6.45) is 1.58.